The summed E-state index contributed by atoms with van der Waals surface area (Å²) in [6, 6.07) is 8.97. The number of aliphatic hydroxyl groups is 2. The number of carbonyl (C=O) groups excluding carboxylic acids is 1. The Hall–Kier alpha value is -3.12. The fourth-order valence-corrected chi connectivity index (χ4v) is 3.31. The third-order valence-electron chi connectivity index (χ3n) is 4.77. The van der Waals surface area contributed by atoms with Gasteiger partial charge in [-0.15, -0.1) is 0 Å². The predicted molar refractivity (Wildman–Crippen MR) is 104 cm³/mol. The summed E-state index contributed by atoms with van der Waals surface area (Å²) in [5.41, 5.74) is 0.716. The highest BCUT2D eigenvalue weighted by Crippen LogP contribution is 2.33. The first-order valence-corrected chi connectivity index (χ1v) is 9.24. The van der Waals surface area contributed by atoms with Gasteiger partial charge in [-0.25, -0.2) is 15.0 Å². The Labute approximate surface area is 171 Å². The number of aliphatic hydroxyl groups excluding tert-OH is 2. The van der Waals surface area contributed by atoms with Crippen molar-refractivity contribution in [3.8, 4) is 5.75 Å². The third-order valence-corrected chi connectivity index (χ3v) is 4.77. The molecule has 1 saturated heterocycles. The molecule has 4 atom stereocenters. The van der Waals surface area contributed by atoms with Gasteiger partial charge in [-0.3, -0.25) is 9.36 Å². The van der Waals surface area contributed by atoms with Crippen LogP contribution in [0, 0.1) is 0 Å². The number of carbonyl (C=O) groups is 1. The molecule has 0 saturated carbocycles. The van der Waals surface area contributed by atoms with Gasteiger partial charge in [-0.2, -0.15) is 0 Å². The molecule has 0 radical (unpaired) electrons. The number of anilines is 1. The van der Waals surface area contributed by atoms with Crippen molar-refractivity contribution in [3.63, 3.8) is 0 Å². The van der Waals surface area contributed by atoms with Gasteiger partial charge in [0.05, 0.1) is 12.9 Å². The molecule has 11 nitrogen and oxygen atoms in total. The van der Waals surface area contributed by atoms with E-state index in [0.717, 1.165) is 0 Å². The Bertz CT molecular complexity index is 1010. The molecule has 2 aromatic heterocycles. The third kappa shape index (κ3) is 3.83. The highest BCUT2D eigenvalue weighted by Gasteiger charge is 2.45. The molecule has 3 aromatic rings. The van der Waals surface area contributed by atoms with E-state index in [1.54, 1.807) is 16.7 Å². The van der Waals surface area contributed by atoms with E-state index < -0.39 is 30.4 Å². The second kappa shape index (κ2) is 8.71. The first kappa shape index (κ1) is 20.2. The molecule has 3 N–H and O–H groups in total. The Kier molecular flexibility index (Phi) is 5.86. The van der Waals surface area contributed by atoms with Crippen molar-refractivity contribution in [2.45, 2.75) is 24.5 Å². The van der Waals surface area contributed by atoms with Gasteiger partial charge in [0.2, 0.25) is 0 Å². The quantitative estimate of drug-likeness (QED) is 0.490. The Morgan fingerprint density at radius 1 is 1.27 bits per heavy atom. The SMILES string of the molecule is COC1[C@@H](O)[C@@H](CO)O[C@H]1n1cnc2c(NC(=O)COc3ccccc3)ncnc21. The molecule has 1 fully saturated rings. The van der Waals surface area contributed by atoms with Gasteiger partial charge >= 0.3 is 0 Å². The minimum atomic E-state index is -1.02. The van der Waals surface area contributed by atoms with E-state index in [4.69, 9.17) is 14.2 Å². The van der Waals surface area contributed by atoms with Crippen LogP contribution in [0.25, 0.3) is 11.2 Å². The maximum Gasteiger partial charge on any atom is 0.263 e. The Morgan fingerprint density at radius 2 is 2.07 bits per heavy atom. The zero-order chi connectivity index (χ0) is 21.1. The molecule has 0 spiro atoms. The highest BCUT2D eigenvalue weighted by atomic mass is 16.6. The molecular formula is C19H21N5O6. The number of amides is 1. The number of para-hydroxylation sites is 1. The van der Waals surface area contributed by atoms with Crippen LogP contribution in [-0.2, 0) is 14.3 Å². The van der Waals surface area contributed by atoms with Crippen LogP contribution in [0.1, 0.15) is 6.23 Å². The van der Waals surface area contributed by atoms with Crippen molar-refractivity contribution in [2.75, 3.05) is 25.6 Å². The number of hydrogen-bond acceptors (Lipinski definition) is 9. The van der Waals surface area contributed by atoms with Gasteiger partial charge in [0.15, 0.2) is 29.8 Å². The van der Waals surface area contributed by atoms with Crippen molar-refractivity contribution in [2.24, 2.45) is 0 Å². The number of methoxy groups -OCH3 is 1. The highest BCUT2D eigenvalue weighted by molar-refractivity contribution is 5.97. The largest absolute Gasteiger partial charge is 0.484 e. The van der Waals surface area contributed by atoms with Gasteiger partial charge in [-0.1, -0.05) is 18.2 Å². The summed E-state index contributed by atoms with van der Waals surface area (Å²) in [5, 5.41) is 22.3. The summed E-state index contributed by atoms with van der Waals surface area (Å²) < 4.78 is 18.1. The van der Waals surface area contributed by atoms with E-state index in [2.05, 4.69) is 20.3 Å². The van der Waals surface area contributed by atoms with Crippen molar-refractivity contribution in [1.29, 1.82) is 0 Å². The lowest BCUT2D eigenvalue weighted by molar-refractivity contribution is -0.118. The van der Waals surface area contributed by atoms with Gasteiger partial charge < -0.3 is 29.7 Å². The van der Waals surface area contributed by atoms with Crippen LogP contribution in [0.15, 0.2) is 43.0 Å². The lowest BCUT2D eigenvalue weighted by Gasteiger charge is -2.19. The lowest BCUT2D eigenvalue weighted by atomic mass is 10.1. The van der Waals surface area contributed by atoms with Gasteiger partial charge in [0, 0.05) is 7.11 Å². The molecule has 0 aliphatic carbocycles. The average molecular weight is 415 g/mol. The normalized spacial score (nSPS) is 23.6. The minimum absolute atomic E-state index is 0.196. The summed E-state index contributed by atoms with van der Waals surface area (Å²) in [7, 11) is 1.44. The topological polar surface area (TPSA) is 141 Å². The molecule has 3 heterocycles. The van der Waals surface area contributed by atoms with Crippen LogP contribution in [0.5, 0.6) is 5.75 Å². The molecule has 1 unspecified atom stereocenters. The van der Waals surface area contributed by atoms with Crippen LogP contribution in [0.4, 0.5) is 5.82 Å². The number of ether oxygens (including phenoxy) is 3. The zero-order valence-electron chi connectivity index (χ0n) is 16.1. The summed E-state index contributed by atoms with van der Waals surface area (Å²) >= 11 is 0. The molecule has 1 amide bonds. The van der Waals surface area contributed by atoms with E-state index in [9.17, 15) is 15.0 Å². The molecule has 11 heteroatoms. The van der Waals surface area contributed by atoms with Crippen molar-refractivity contribution in [3.05, 3.63) is 43.0 Å². The van der Waals surface area contributed by atoms with E-state index in [0.29, 0.717) is 16.9 Å². The van der Waals surface area contributed by atoms with Crippen molar-refractivity contribution < 1.29 is 29.2 Å². The number of fused-ring (bicyclic) bond motifs is 1. The average Bonchev–Trinajstić information content (AvgIpc) is 3.34. The first-order valence-electron chi connectivity index (χ1n) is 9.24. The number of hydrogen-bond donors (Lipinski definition) is 3. The molecule has 30 heavy (non-hydrogen) atoms. The maximum atomic E-state index is 12.3. The number of benzene rings is 1. The molecule has 1 aliphatic rings. The molecule has 158 valence electrons. The predicted octanol–water partition coefficient (Wildman–Crippen LogP) is 0.109. The molecular weight excluding hydrogens is 394 g/mol. The van der Waals surface area contributed by atoms with E-state index in [1.165, 1.54) is 19.8 Å². The second-order valence-electron chi connectivity index (χ2n) is 6.63. The summed E-state index contributed by atoms with van der Waals surface area (Å²) in [6.45, 7) is -0.556. The van der Waals surface area contributed by atoms with Gasteiger partial charge in [-0.05, 0) is 12.1 Å². The summed E-state index contributed by atoms with van der Waals surface area (Å²) in [4.78, 5) is 24.9. The van der Waals surface area contributed by atoms with E-state index >= 15 is 0 Å². The number of aromatic nitrogens is 4. The van der Waals surface area contributed by atoms with Crippen molar-refractivity contribution in [1.82, 2.24) is 19.5 Å². The van der Waals surface area contributed by atoms with Gasteiger partial charge in [0.1, 0.15) is 30.4 Å². The summed E-state index contributed by atoms with van der Waals surface area (Å²) in [6.07, 6.45) is -0.560. The van der Waals surface area contributed by atoms with Gasteiger partial charge in [0.25, 0.3) is 5.91 Å². The fraction of sp³-hybridized carbons (Fsp3) is 0.368. The standard InChI is InChI=1S/C19H21N5O6/c1-28-16-15(27)12(7-25)30-19(16)24-10-22-14-17(20-9-21-18(14)24)23-13(26)8-29-11-5-3-2-4-6-11/h2-6,9-10,12,15-16,19,25,27H,7-8H2,1H3,(H,20,21,23,26)/t12-,15+,16?,19-/m1/s1. The monoisotopic (exact) mass is 415 g/mol. The maximum absolute atomic E-state index is 12.3. The zero-order valence-corrected chi connectivity index (χ0v) is 16.1. The minimum Gasteiger partial charge on any atom is -0.484 e. The van der Waals surface area contributed by atoms with Crippen LogP contribution in [0.3, 0.4) is 0 Å². The van der Waals surface area contributed by atoms with Crippen LogP contribution in [0.2, 0.25) is 0 Å². The number of rotatable bonds is 7. The molecule has 4 rings (SSSR count). The summed E-state index contributed by atoms with van der Waals surface area (Å²) in [5.74, 6) is 0.383. The van der Waals surface area contributed by atoms with Crippen LogP contribution < -0.4 is 10.1 Å². The van der Waals surface area contributed by atoms with E-state index in [1.807, 2.05) is 18.2 Å². The number of nitrogens with zero attached hydrogens (tertiary/aromatic N) is 4. The Balaban J connectivity index is 1.53. The second-order valence-corrected chi connectivity index (χ2v) is 6.63. The number of imidazole rings is 1. The smallest absolute Gasteiger partial charge is 0.263 e. The van der Waals surface area contributed by atoms with E-state index in [-0.39, 0.29) is 19.0 Å². The molecule has 0 bridgehead atoms. The van der Waals surface area contributed by atoms with Crippen molar-refractivity contribution >= 4 is 22.9 Å². The Morgan fingerprint density at radius 3 is 2.80 bits per heavy atom. The fourth-order valence-electron chi connectivity index (χ4n) is 3.31. The van der Waals surface area contributed by atoms with Crippen LogP contribution in [-0.4, -0.2) is 74.3 Å². The lowest BCUT2D eigenvalue weighted by Crippen LogP contribution is -2.34. The molecule has 1 aliphatic heterocycles. The first-order chi connectivity index (χ1) is 14.6. The molecule has 1 aromatic carbocycles. The van der Waals surface area contributed by atoms with Crippen LogP contribution >= 0.6 is 0 Å². The number of nitrogens with one attached hydrogen (secondary N) is 1.